The second kappa shape index (κ2) is 8.91. The second-order valence-corrected chi connectivity index (χ2v) is 6.83. The van der Waals surface area contributed by atoms with Gasteiger partial charge < -0.3 is 16.4 Å². The van der Waals surface area contributed by atoms with Crippen molar-refractivity contribution in [2.75, 3.05) is 16.4 Å². The van der Waals surface area contributed by atoms with Gasteiger partial charge in [-0.05, 0) is 42.0 Å². The summed E-state index contributed by atoms with van der Waals surface area (Å²) in [6.45, 7) is 0.492. The van der Waals surface area contributed by atoms with E-state index in [4.69, 9.17) is 5.73 Å². The Balaban J connectivity index is 1.39. The zero-order valence-electron chi connectivity index (χ0n) is 16.6. The number of nitrogens with one attached hydrogen (secondary N) is 2. The molecule has 1 amide bonds. The SMILES string of the molecule is Nc1ccccc1NC(=O)c1ccc(CNc2nccc(-c3ccc[n+](O)c3)n2)cc1. The van der Waals surface area contributed by atoms with E-state index in [9.17, 15) is 10.0 Å². The quantitative estimate of drug-likeness (QED) is 0.219. The Bertz CT molecular complexity index is 1210. The fourth-order valence-electron chi connectivity index (χ4n) is 2.98. The van der Waals surface area contributed by atoms with Gasteiger partial charge in [0.1, 0.15) is 0 Å². The van der Waals surface area contributed by atoms with Gasteiger partial charge in [0.05, 0.1) is 22.6 Å². The number of hydrogen-bond donors (Lipinski definition) is 4. The van der Waals surface area contributed by atoms with Crippen molar-refractivity contribution in [2.45, 2.75) is 6.54 Å². The Morgan fingerprint density at radius 1 is 1.03 bits per heavy atom. The van der Waals surface area contributed by atoms with E-state index < -0.39 is 0 Å². The molecule has 0 saturated carbocycles. The van der Waals surface area contributed by atoms with Gasteiger partial charge in [-0.25, -0.2) is 9.97 Å². The van der Waals surface area contributed by atoms with Crippen LogP contribution in [0.3, 0.4) is 0 Å². The first-order chi connectivity index (χ1) is 15.1. The Labute approximate surface area is 179 Å². The van der Waals surface area contributed by atoms with E-state index in [1.54, 1.807) is 48.8 Å². The van der Waals surface area contributed by atoms with Crippen molar-refractivity contribution in [1.82, 2.24) is 9.97 Å². The number of anilines is 3. The maximum atomic E-state index is 12.4. The molecule has 8 heteroatoms. The molecule has 2 aromatic heterocycles. The minimum Gasteiger partial charge on any atom is -0.397 e. The number of para-hydroxylation sites is 2. The number of aromatic nitrogens is 3. The lowest BCUT2D eigenvalue weighted by atomic mass is 10.1. The van der Waals surface area contributed by atoms with E-state index in [2.05, 4.69) is 20.6 Å². The molecular formula is C23H21N6O2+. The number of nitrogens with zero attached hydrogens (tertiary/aromatic N) is 3. The lowest BCUT2D eigenvalue weighted by molar-refractivity contribution is -0.904. The number of hydrogen-bond acceptors (Lipinski definition) is 6. The van der Waals surface area contributed by atoms with Crippen LogP contribution in [0.15, 0.2) is 85.3 Å². The third-order valence-corrected chi connectivity index (χ3v) is 4.61. The van der Waals surface area contributed by atoms with Crippen LogP contribution in [-0.4, -0.2) is 21.1 Å². The average molecular weight is 413 g/mol. The largest absolute Gasteiger partial charge is 0.397 e. The predicted octanol–water partition coefficient (Wildman–Crippen LogP) is 3.12. The van der Waals surface area contributed by atoms with Crippen LogP contribution in [0.25, 0.3) is 11.3 Å². The Morgan fingerprint density at radius 2 is 1.84 bits per heavy atom. The minimum atomic E-state index is -0.225. The van der Waals surface area contributed by atoms with Gasteiger partial charge >= 0.3 is 0 Å². The first-order valence-electron chi connectivity index (χ1n) is 9.61. The maximum absolute atomic E-state index is 12.4. The molecule has 0 atom stereocenters. The molecule has 4 aromatic rings. The van der Waals surface area contributed by atoms with Crippen LogP contribution in [-0.2, 0) is 6.54 Å². The monoisotopic (exact) mass is 413 g/mol. The number of nitrogen functional groups attached to an aromatic ring is 1. The average Bonchev–Trinajstić information content (AvgIpc) is 2.80. The molecular weight excluding hydrogens is 392 g/mol. The van der Waals surface area contributed by atoms with Crippen LogP contribution in [0.1, 0.15) is 15.9 Å². The van der Waals surface area contributed by atoms with Crippen molar-refractivity contribution in [2.24, 2.45) is 0 Å². The van der Waals surface area contributed by atoms with Gasteiger partial charge in [0.25, 0.3) is 5.91 Å². The lowest BCUT2D eigenvalue weighted by Gasteiger charge is -2.09. The van der Waals surface area contributed by atoms with Gasteiger partial charge in [0.2, 0.25) is 18.3 Å². The first kappa shape index (κ1) is 19.8. The van der Waals surface area contributed by atoms with Crippen LogP contribution in [0.5, 0.6) is 0 Å². The third-order valence-electron chi connectivity index (χ3n) is 4.61. The van der Waals surface area contributed by atoms with Crippen molar-refractivity contribution < 1.29 is 14.7 Å². The van der Waals surface area contributed by atoms with Gasteiger partial charge in [0, 0.05) is 29.1 Å². The molecule has 5 N–H and O–H groups in total. The van der Waals surface area contributed by atoms with Crippen molar-refractivity contribution in [3.05, 3.63) is 96.4 Å². The molecule has 154 valence electrons. The highest BCUT2D eigenvalue weighted by Crippen LogP contribution is 2.18. The van der Waals surface area contributed by atoms with Crippen LogP contribution in [0.4, 0.5) is 17.3 Å². The molecule has 0 saturated heterocycles. The van der Waals surface area contributed by atoms with Gasteiger partial charge in [-0.2, -0.15) is 0 Å². The standard InChI is InChI=1S/C23H20N6O2/c24-19-5-1-2-6-21(19)27-22(30)17-9-7-16(8-10-17)14-26-23-25-12-11-20(28-23)18-4-3-13-29(31)15-18/h1-13,15H,14,24H2,(H2-,25,26,27,28,30,31)/p+1. The molecule has 8 nitrogen and oxygen atoms in total. The highest BCUT2D eigenvalue weighted by molar-refractivity contribution is 6.05. The van der Waals surface area contributed by atoms with Gasteiger partial charge in [-0.3, -0.25) is 10.0 Å². The first-order valence-corrected chi connectivity index (χ1v) is 9.61. The molecule has 31 heavy (non-hydrogen) atoms. The van der Waals surface area contributed by atoms with Crippen molar-refractivity contribution in [3.63, 3.8) is 0 Å². The lowest BCUT2D eigenvalue weighted by Crippen LogP contribution is -2.28. The van der Waals surface area contributed by atoms with Gasteiger partial charge in [0.15, 0.2) is 0 Å². The molecule has 4 rings (SSSR count). The Kier molecular flexibility index (Phi) is 5.70. The number of rotatable bonds is 6. The van der Waals surface area contributed by atoms with Crippen LogP contribution in [0, 0.1) is 0 Å². The maximum Gasteiger partial charge on any atom is 0.255 e. The van der Waals surface area contributed by atoms with E-state index in [0.717, 1.165) is 15.9 Å². The van der Waals surface area contributed by atoms with Crippen LogP contribution < -0.4 is 21.1 Å². The van der Waals surface area contributed by atoms with Crippen molar-refractivity contribution in [3.8, 4) is 11.3 Å². The fraction of sp³-hybridized carbons (Fsp3) is 0.0435. The Morgan fingerprint density at radius 3 is 2.61 bits per heavy atom. The fourth-order valence-corrected chi connectivity index (χ4v) is 2.98. The highest BCUT2D eigenvalue weighted by atomic mass is 16.5. The molecule has 0 radical (unpaired) electrons. The second-order valence-electron chi connectivity index (χ2n) is 6.83. The number of pyridine rings is 1. The summed E-state index contributed by atoms with van der Waals surface area (Å²) in [7, 11) is 0. The summed E-state index contributed by atoms with van der Waals surface area (Å²) in [5.74, 6) is 0.240. The van der Waals surface area contributed by atoms with Crippen molar-refractivity contribution >= 4 is 23.2 Å². The van der Waals surface area contributed by atoms with E-state index in [1.165, 1.54) is 6.20 Å². The highest BCUT2D eigenvalue weighted by Gasteiger charge is 2.09. The summed E-state index contributed by atoms with van der Waals surface area (Å²) in [5, 5.41) is 15.6. The van der Waals surface area contributed by atoms with Crippen LogP contribution >= 0.6 is 0 Å². The zero-order chi connectivity index (χ0) is 21.6. The minimum absolute atomic E-state index is 0.225. The molecule has 0 aliphatic carbocycles. The number of benzene rings is 2. The van der Waals surface area contributed by atoms with E-state index in [0.29, 0.717) is 35.1 Å². The van der Waals surface area contributed by atoms with E-state index in [-0.39, 0.29) is 5.91 Å². The summed E-state index contributed by atoms with van der Waals surface area (Å²) in [6, 6.07) is 19.7. The molecule has 0 unspecified atom stereocenters. The predicted molar refractivity (Wildman–Crippen MR) is 117 cm³/mol. The molecule has 0 aliphatic rings. The number of amides is 1. The van der Waals surface area contributed by atoms with Crippen LogP contribution in [0.2, 0.25) is 0 Å². The normalized spacial score (nSPS) is 10.5. The molecule has 2 heterocycles. The molecule has 0 spiro atoms. The van der Waals surface area contributed by atoms with Crippen molar-refractivity contribution in [1.29, 1.82) is 0 Å². The summed E-state index contributed by atoms with van der Waals surface area (Å²) < 4.78 is 0.981. The smallest absolute Gasteiger partial charge is 0.255 e. The summed E-state index contributed by atoms with van der Waals surface area (Å²) in [4.78, 5) is 21.1. The van der Waals surface area contributed by atoms with Gasteiger partial charge in [-0.1, -0.05) is 24.3 Å². The van der Waals surface area contributed by atoms with E-state index in [1.807, 2.05) is 30.3 Å². The number of carbonyl (C=O) groups excluding carboxylic acids is 1. The number of carbonyl (C=O) groups is 1. The molecule has 0 aliphatic heterocycles. The zero-order valence-corrected chi connectivity index (χ0v) is 16.6. The molecule has 0 bridgehead atoms. The summed E-state index contributed by atoms with van der Waals surface area (Å²) in [5.41, 5.74) is 9.93. The van der Waals surface area contributed by atoms with E-state index >= 15 is 0 Å². The van der Waals surface area contributed by atoms with Gasteiger partial charge in [-0.15, -0.1) is 0 Å². The summed E-state index contributed by atoms with van der Waals surface area (Å²) in [6.07, 6.45) is 4.75. The number of nitrogens with two attached hydrogens (primary N) is 1. The summed E-state index contributed by atoms with van der Waals surface area (Å²) >= 11 is 0. The third kappa shape index (κ3) is 4.94. The molecule has 2 aromatic carbocycles. The molecule has 0 fully saturated rings. The topological polar surface area (TPSA) is 117 Å². The Hall–Kier alpha value is -4.46.